The van der Waals surface area contributed by atoms with Crippen molar-refractivity contribution in [1.82, 2.24) is 15.5 Å². The van der Waals surface area contributed by atoms with E-state index in [2.05, 4.69) is 21.7 Å². The number of nitrogens with one attached hydrogen (secondary N) is 3. The number of amides is 2. The van der Waals surface area contributed by atoms with Crippen LogP contribution in [0.1, 0.15) is 66.7 Å². The van der Waals surface area contributed by atoms with Crippen LogP contribution >= 0.6 is 0 Å². The maximum atomic E-state index is 12.8. The number of carbonyl (C=O) groups is 3. The van der Waals surface area contributed by atoms with Crippen LogP contribution in [-0.4, -0.2) is 62.3 Å². The lowest BCUT2D eigenvalue weighted by atomic mass is 10.0. The predicted octanol–water partition coefficient (Wildman–Crippen LogP) is 3.94. The van der Waals surface area contributed by atoms with Crippen molar-refractivity contribution in [3.8, 4) is 0 Å². The molecule has 1 aliphatic carbocycles. The number of fused-ring (bicyclic) bond motifs is 1. The number of carbonyl (C=O) groups excluding carboxylic acids is 3. The third-order valence-electron chi connectivity index (χ3n) is 6.39. The number of para-hydroxylation sites is 1. The normalized spacial score (nSPS) is 18.6. The molecule has 1 saturated heterocycles. The number of rotatable bonds is 9. The molecule has 1 aliphatic heterocycles. The molecule has 3 rings (SSSR count). The lowest BCUT2D eigenvalue weighted by Gasteiger charge is -2.30. The third-order valence-corrected chi connectivity index (χ3v) is 6.39. The zero-order valence-electron chi connectivity index (χ0n) is 24.0. The Bertz CT molecular complexity index is 798. The number of hydrogen-bond acceptors (Lipinski definition) is 6. The topological polar surface area (TPSA) is 117 Å². The molecule has 0 bridgehead atoms. The number of likely N-dealkylation sites (tertiary alicyclic amines) is 1. The van der Waals surface area contributed by atoms with E-state index in [-0.39, 0.29) is 24.3 Å². The highest BCUT2D eigenvalue weighted by molar-refractivity contribution is 5.89. The van der Waals surface area contributed by atoms with Gasteiger partial charge in [0.05, 0.1) is 6.54 Å². The fourth-order valence-electron chi connectivity index (χ4n) is 4.52. The van der Waals surface area contributed by atoms with E-state index in [4.69, 9.17) is 0 Å². The van der Waals surface area contributed by atoms with E-state index in [9.17, 15) is 14.4 Å². The first-order valence-corrected chi connectivity index (χ1v) is 13.7. The van der Waals surface area contributed by atoms with Gasteiger partial charge in [0.15, 0.2) is 0 Å². The number of benzene rings is 1. The number of nitrogens with two attached hydrogens (primary N) is 1. The van der Waals surface area contributed by atoms with Crippen molar-refractivity contribution in [2.45, 2.75) is 78.8 Å². The standard InChI is InChI=1S/C15H27N3O2.C11H13NO.C2H6.CH5N/c1-10(2)14(17-13(19)9-16-3)15(20)18-8-7-11-5-4-6-12(11)18;1-2-10(9-13)8-12-11-6-4-3-5-7-11;2*1-2/h10-12,14,16H,4-9H2,1-3H3,(H,17,19);3-9,12H,2H2,1H3;1-2H3;2H2,1H3/b;10-8+;;/t11-,12-,14?;;;/m1.../s1. The zero-order chi connectivity index (χ0) is 28.2. The lowest BCUT2D eigenvalue weighted by molar-refractivity contribution is -0.138. The molecule has 2 fully saturated rings. The summed E-state index contributed by atoms with van der Waals surface area (Å²) in [7, 11) is 3.23. The Labute approximate surface area is 224 Å². The Morgan fingerprint density at radius 1 is 1.11 bits per heavy atom. The summed E-state index contributed by atoms with van der Waals surface area (Å²) in [4.78, 5) is 37.0. The minimum atomic E-state index is -0.393. The molecule has 8 heteroatoms. The SMILES string of the molecule is CC.CC/C(C=O)=C\Nc1ccccc1.CN.CNCC(=O)NC(C(=O)N1CC[C@H]2CCC[C@H]21)C(C)C. The Hall–Kier alpha value is -2.71. The highest BCUT2D eigenvalue weighted by atomic mass is 16.2. The molecule has 0 aromatic heterocycles. The minimum Gasteiger partial charge on any atom is -0.361 e. The van der Waals surface area contributed by atoms with Crippen molar-refractivity contribution < 1.29 is 14.4 Å². The fourth-order valence-corrected chi connectivity index (χ4v) is 4.52. The van der Waals surface area contributed by atoms with Crippen LogP contribution in [-0.2, 0) is 14.4 Å². The van der Waals surface area contributed by atoms with Crippen LogP contribution in [0.2, 0.25) is 0 Å². The summed E-state index contributed by atoms with van der Waals surface area (Å²) in [6.45, 7) is 11.0. The summed E-state index contributed by atoms with van der Waals surface area (Å²) >= 11 is 0. The quantitative estimate of drug-likeness (QED) is 0.291. The van der Waals surface area contributed by atoms with Gasteiger partial charge in [-0.05, 0) is 63.7 Å². The Morgan fingerprint density at radius 3 is 2.30 bits per heavy atom. The average molecular weight is 518 g/mol. The number of allylic oxidation sites excluding steroid dienone is 1. The zero-order valence-corrected chi connectivity index (χ0v) is 24.0. The molecule has 8 nitrogen and oxygen atoms in total. The van der Waals surface area contributed by atoms with Crippen LogP contribution in [0, 0.1) is 11.8 Å². The summed E-state index contributed by atoms with van der Waals surface area (Å²) in [5.41, 5.74) is 6.26. The van der Waals surface area contributed by atoms with Gasteiger partial charge in [-0.25, -0.2) is 0 Å². The minimum absolute atomic E-state index is 0.110. The molecule has 5 N–H and O–H groups in total. The second-order valence-electron chi connectivity index (χ2n) is 9.10. The van der Waals surface area contributed by atoms with E-state index in [1.165, 1.54) is 19.9 Å². The van der Waals surface area contributed by atoms with Crippen molar-refractivity contribution >= 4 is 23.8 Å². The number of aldehydes is 1. The van der Waals surface area contributed by atoms with Gasteiger partial charge in [0, 0.05) is 30.0 Å². The second-order valence-corrected chi connectivity index (χ2v) is 9.10. The first kappa shape index (κ1) is 34.3. The van der Waals surface area contributed by atoms with Crippen LogP contribution in [0.15, 0.2) is 42.1 Å². The molecule has 0 spiro atoms. The van der Waals surface area contributed by atoms with Crippen molar-refractivity contribution in [2.75, 3.05) is 32.5 Å². The van der Waals surface area contributed by atoms with E-state index in [1.807, 2.05) is 69.9 Å². The number of nitrogens with zero attached hydrogens (tertiary/aromatic N) is 1. The maximum absolute atomic E-state index is 12.8. The molecular formula is C29H51N5O3. The van der Waals surface area contributed by atoms with Crippen molar-refractivity contribution in [3.05, 3.63) is 42.1 Å². The molecule has 2 aliphatic rings. The number of anilines is 1. The van der Waals surface area contributed by atoms with Gasteiger partial charge in [-0.2, -0.15) is 0 Å². The molecule has 210 valence electrons. The fraction of sp³-hybridized carbons (Fsp3) is 0.621. The number of hydrogen-bond donors (Lipinski definition) is 4. The Kier molecular flexibility index (Phi) is 18.9. The van der Waals surface area contributed by atoms with E-state index in [0.717, 1.165) is 43.4 Å². The molecule has 3 atom stereocenters. The van der Waals surface area contributed by atoms with Crippen LogP contribution in [0.4, 0.5) is 5.69 Å². The molecule has 1 unspecified atom stereocenters. The van der Waals surface area contributed by atoms with E-state index >= 15 is 0 Å². The van der Waals surface area contributed by atoms with E-state index < -0.39 is 6.04 Å². The molecule has 1 saturated carbocycles. The third kappa shape index (κ3) is 11.9. The predicted molar refractivity (Wildman–Crippen MR) is 154 cm³/mol. The molecule has 1 aromatic carbocycles. The highest BCUT2D eigenvalue weighted by Crippen LogP contribution is 2.38. The maximum Gasteiger partial charge on any atom is 0.245 e. The monoisotopic (exact) mass is 517 g/mol. The first-order valence-electron chi connectivity index (χ1n) is 13.7. The molecule has 37 heavy (non-hydrogen) atoms. The van der Waals surface area contributed by atoms with Crippen LogP contribution in [0.25, 0.3) is 0 Å². The largest absolute Gasteiger partial charge is 0.361 e. The van der Waals surface area contributed by atoms with Gasteiger partial charge in [-0.3, -0.25) is 14.4 Å². The van der Waals surface area contributed by atoms with Gasteiger partial charge in [0.1, 0.15) is 12.3 Å². The van der Waals surface area contributed by atoms with Gasteiger partial charge in [0.2, 0.25) is 11.8 Å². The summed E-state index contributed by atoms with van der Waals surface area (Å²) in [5, 5.41) is 8.75. The van der Waals surface area contributed by atoms with Crippen LogP contribution in [0.5, 0.6) is 0 Å². The van der Waals surface area contributed by atoms with Gasteiger partial charge in [-0.15, -0.1) is 0 Å². The van der Waals surface area contributed by atoms with Crippen molar-refractivity contribution in [1.29, 1.82) is 0 Å². The van der Waals surface area contributed by atoms with E-state index in [1.54, 1.807) is 13.2 Å². The molecule has 2 amide bonds. The highest BCUT2D eigenvalue weighted by Gasteiger charge is 2.42. The first-order chi connectivity index (χ1) is 17.9. The van der Waals surface area contributed by atoms with Crippen molar-refractivity contribution in [3.63, 3.8) is 0 Å². The van der Waals surface area contributed by atoms with Gasteiger partial charge >= 0.3 is 0 Å². The van der Waals surface area contributed by atoms with Gasteiger partial charge < -0.3 is 26.6 Å². The summed E-state index contributed by atoms with van der Waals surface area (Å²) in [6.07, 6.45) is 8.11. The lowest BCUT2D eigenvalue weighted by Crippen LogP contribution is -2.53. The molecule has 1 aromatic rings. The Morgan fingerprint density at radius 2 is 1.76 bits per heavy atom. The summed E-state index contributed by atoms with van der Waals surface area (Å²) in [6, 6.07) is 9.78. The molecular weight excluding hydrogens is 466 g/mol. The van der Waals surface area contributed by atoms with Crippen LogP contribution in [0.3, 0.4) is 0 Å². The van der Waals surface area contributed by atoms with Gasteiger partial charge in [-0.1, -0.05) is 59.2 Å². The van der Waals surface area contributed by atoms with Crippen molar-refractivity contribution in [2.24, 2.45) is 17.6 Å². The Balaban J connectivity index is 0.000000660. The smallest absolute Gasteiger partial charge is 0.245 e. The summed E-state index contributed by atoms with van der Waals surface area (Å²) in [5.74, 6) is 0.809. The molecule has 1 heterocycles. The second kappa shape index (κ2) is 20.4. The average Bonchev–Trinajstić information content (AvgIpc) is 3.55. The van der Waals surface area contributed by atoms with Crippen LogP contribution < -0.4 is 21.7 Å². The molecule has 0 radical (unpaired) electrons. The summed E-state index contributed by atoms with van der Waals surface area (Å²) < 4.78 is 0. The number of likely N-dealkylation sites (N-methyl/N-ethyl adjacent to an activating group) is 1. The van der Waals surface area contributed by atoms with Gasteiger partial charge in [0.25, 0.3) is 0 Å². The van der Waals surface area contributed by atoms with E-state index in [0.29, 0.717) is 12.0 Å².